The second kappa shape index (κ2) is 10.8. The van der Waals surface area contributed by atoms with Gasteiger partial charge in [-0.1, -0.05) is 48.5 Å². The van der Waals surface area contributed by atoms with Crippen molar-refractivity contribution in [3.8, 4) is 34.1 Å². The summed E-state index contributed by atoms with van der Waals surface area (Å²) in [4.78, 5) is 0. The fourth-order valence-corrected chi connectivity index (χ4v) is 4.08. The van der Waals surface area contributed by atoms with Crippen LogP contribution in [0.25, 0.3) is 11.1 Å². The van der Waals surface area contributed by atoms with Gasteiger partial charge in [-0.25, -0.2) is 0 Å². The molecule has 0 aliphatic rings. The molecule has 0 aliphatic carbocycles. The molecule has 0 radical (unpaired) electrons. The third-order valence-electron chi connectivity index (χ3n) is 6.14. The van der Waals surface area contributed by atoms with Gasteiger partial charge in [-0.15, -0.1) is 0 Å². The predicted molar refractivity (Wildman–Crippen MR) is 136 cm³/mol. The zero-order chi connectivity index (χ0) is 23.9. The molecule has 0 saturated carbocycles. The lowest BCUT2D eigenvalue weighted by Crippen LogP contribution is -1.94. The maximum absolute atomic E-state index is 10.7. The van der Waals surface area contributed by atoms with Crippen LogP contribution in [0.3, 0.4) is 0 Å². The van der Waals surface area contributed by atoms with Crippen LogP contribution in [0.4, 0.5) is 0 Å². The molecule has 4 rings (SSSR count). The lowest BCUT2D eigenvalue weighted by molar-refractivity contribution is 0.414. The highest BCUT2D eigenvalue weighted by atomic mass is 16.5. The van der Waals surface area contributed by atoms with Gasteiger partial charge in [0.05, 0.1) is 14.2 Å². The molecule has 4 aromatic carbocycles. The van der Waals surface area contributed by atoms with Gasteiger partial charge in [0, 0.05) is 11.1 Å². The molecule has 2 N–H and O–H groups in total. The zero-order valence-corrected chi connectivity index (χ0v) is 19.6. The molecule has 4 aromatic rings. The Balaban J connectivity index is 1.40. The summed E-state index contributed by atoms with van der Waals surface area (Å²) in [6.45, 7) is 0. The monoisotopic (exact) mass is 454 g/mol. The predicted octanol–water partition coefficient (Wildman–Crippen LogP) is 6.35. The minimum atomic E-state index is 0.175. The van der Waals surface area contributed by atoms with Crippen molar-refractivity contribution in [1.82, 2.24) is 0 Å². The molecule has 4 nitrogen and oxygen atoms in total. The largest absolute Gasteiger partial charge is 0.507 e. The number of rotatable bonds is 9. The van der Waals surface area contributed by atoms with E-state index in [0.29, 0.717) is 11.1 Å². The van der Waals surface area contributed by atoms with Crippen molar-refractivity contribution in [3.63, 3.8) is 0 Å². The molecule has 0 saturated heterocycles. The highest BCUT2D eigenvalue weighted by Gasteiger charge is 2.11. The molecular formula is C30H30O4. The van der Waals surface area contributed by atoms with E-state index in [9.17, 15) is 10.2 Å². The molecule has 174 valence electrons. The van der Waals surface area contributed by atoms with Gasteiger partial charge in [0.25, 0.3) is 0 Å². The molecule has 0 spiro atoms. The van der Waals surface area contributed by atoms with Crippen molar-refractivity contribution in [1.29, 1.82) is 0 Å². The molecule has 0 atom stereocenters. The van der Waals surface area contributed by atoms with Gasteiger partial charge in [-0.2, -0.15) is 0 Å². The molecule has 0 amide bonds. The highest BCUT2D eigenvalue weighted by Crippen LogP contribution is 2.36. The lowest BCUT2D eigenvalue weighted by atomic mass is 9.96. The first-order valence-electron chi connectivity index (χ1n) is 11.5. The van der Waals surface area contributed by atoms with Crippen LogP contribution in [0, 0.1) is 0 Å². The number of ether oxygens (including phenoxy) is 2. The minimum Gasteiger partial charge on any atom is -0.507 e. The van der Waals surface area contributed by atoms with Crippen LogP contribution < -0.4 is 9.47 Å². The summed E-state index contributed by atoms with van der Waals surface area (Å²) in [5, 5.41) is 21.3. The first-order valence-corrected chi connectivity index (χ1v) is 11.5. The van der Waals surface area contributed by atoms with E-state index < -0.39 is 0 Å². The average molecular weight is 455 g/mol. The van der Waals surface area contributed by atoms with E-state index in [2.05, 4.69) is 24.3 Å². The van der Waals surface area contributed by atoms with Crippen LogP contribution in [0.2, 0.25) is 0 Å². The number of phenols is 2. The fraction of sp³-hybridized carbons (Fsp3) is 0.200. The summed E-state index contributed by atoms with van der Waals surface area (Å²) in [5.74, 6) is 2.04. The highest BCUT2D eigenvalue weighted by molar-refractivity contribution is 5.76. The van der Waals surface area contributed by atoms with Gasteiger partial charge in [0.1, 0.15) is 23.0 Å². The molecule has 4 heteroatoms. The smallest absolute Gasteiger partial charge is 0.123 e. The average Bonchev–Trinajstić information content (AvgIpc) is 2.87. The molecule has 0 heterocycles. The van der Waals surface area contributed by atoms with Crippen LogP contribution in [0.15, 0.2) is 84.9 Å². The number of benzene rings is 4. The Labute approximate surface area is 201 Å². The van der Waals surface area contributed by atoms with Gasteiger partial charge in [0.15, 0.2) is 0 Å². The summed E-state index contributed by atoms with van der Waals surface area (Å²) in [6.07, 6.45) is 3.38. The Bertz CT molecular complexity index is 1130. The molecule has 0 bridgehead atoms. The maximum atomic E-state index is 10.7. The number of aryl methyl sites for hydroxylation is 4. The Morgan fingerprint density at radius 1 is 0.471 bits per heavy atom. The van der Waals surface area contributed by atoms with Crippen molar-refractivity contribution >= 4 is 0 Å². The Kier molecular flexibility index (Phi) is 7.38. The van der Waals surface area contributed by atoms with Gasteiger partial charge in [-0.3, -0.25) is 0 Å². The number of aromatic hydroxyl groups is 2. The van der Waals surface area contributed by atoms with Gasteiger partial charge in [0.2, 0.25) is 0 Å². The molecule has 0 aliphatic heterocycles. The minimum absolute atomic E-state index is 0.175. The molecular weight excluding hydrogens is 424 g/mol. The second-order valence-electron chi connectivity index (χ2n) is 8.40. The van der Waals surface area contributed by atoms with Crippen molar-refractivity contribution < 1.29 is 19.7 Å². The number of phenolic OH excluding ortho intramolecular Hbond substituents is 2. The second-order valence-corrected chi connectivity index (χ2v) is 8.40. The maximum Gasteiger partial charge on any atom is 0.123 e. The number of methoxy groups -OCH3 is 2. The normalized spacial score (nSPS) is 10.8. The quantitative estimate of drug-likeness (QED) is 0.309. The topological polar surface area (TPSA) is 58.9 Å². The van der Waals surface area contributed by atoms with Crippen LogP contribution in [0.5, 0.6) is 23.0 Å². The first-order chi connectivity index (χ1) is 16.6. The summed E-state index contributed by atoms with van der Waals surface area (Å²) < 4.78 is 10.4. The van der Waals surface area contributed by atoms with E-state index in [-0.39, 0.29) is 11.5 Å². The summed E-state index contributed by atoms with van der Waals surface area (Å²) in [6, 6.07) is 27.4. The molecule has 0 aromatic heterocycles. The summed E-state index contributed by atoms with van der Waals surface area (Å²) in [5.41, 5.74) is 5.79. The van der Waals surface area contributed by atoms with Crippen LogP contribution >= 0.6 is 0 Å². The SMILES string of the molecule is COc1ccc(CCc2ccc(-c3ccc(CCc4ccc(OC)cc4)cc3O)c(O)c2)cc1. The van der Waals surface area contributed by atoms with E-state index >= 15 is 0 Å². The fourth-order valence-electron chi connectivity index (χ4n) is 4.08. The van der Waals surface area contributed by atoms with E-state index in [1.165, 1.54) is 11.1 Å². The van der Waals surface area contributed by atoms with Crippen LogP contribution in [0.1, 0.15) is 22.3 Å². The van der Waals surface area contributed by atoms with Crippen molar-refractivity contribution in [3.05, 3.63) is 107 Å². The van der Waals surface area contributed by atoms with Gasteiger partial charge in [-0.05, 0) is 84.3 Å². The molecule has 0 fully saturated rings. The Hall–Kier alpha value is -3.92. The van der Waals surface area contributed by atoms with Crippen LogP contribution in [-0.2, 0) is 25.7 Å². The number of hydrogen-bond acceptors (Lipinski definition) is 4. The van der Waals surface area contributed by atoms with E-state index in [1.54, 1.807) is 26.4 Å². The van der Waals surface area contributed by atoms with Crippen molar-refractivity contribution in [2.75, 3.05) is 14.2 Å². The molecule has 0 unspecified atom stereocenters. The van der Waals surface area contributed by atoms with Crippen molar-refractivity contribution in [2.24, 2.45) is 0 Å². The first kappa shape index (κ1) is 23.2. The van der Waals surface area contributed by atoms with E-state index in [1.807, 2.05) is 48.5 Å². The third-order valence-corrected chi connectivity index (χ3v) is 6.14. The molecule has 34 heavy (non-hydrogen) atoms. The van der Waals surface area contributed by atoms with Crippen LogP contribution in [-0.4, -0.2) is 24.4 Å². The zero-order valence-electron chi connectivity index (χ0n) is 19.6. The Morgan fingerprint density at radius 2 is 0.794 bits per heavy atom. The Morgan fingerprint density at radius 3 is 1.12 bits per heavy atom. The number of hydrogen-bond donors (Lipinski definition) is 2. The standard InChI is InChI=1S/C30H30O4/c1-33-25-13-7-21(8-14-25)3-5-23-11-17-27(29(31)19-23)28-18-12-24(20-30(28)32)6-4-22-9-15-26(34-2)16-10-22/h7-20,31-32H,3-6H2,1-2H3. The summed E-state index contributed by atoms with van der Waals surface area (Å²) in [7, 11) is 3.32. The van der Waals surface area contributed by atoms with E-state index in [0.717, 1.165) is 48.3 Å². The van der Waals surface area contributed by atoms with Crippen molar-refractivity contribution in [2.45, 2.75) is 25.7 Å². The summed E-state index contributed by atoms with van der Waals surface area (Å²) >= 11 is 0. The third kappa shape index (κ3) is 5.70. The van der Waals surface area contributed by atoms with Gasteiger partial charge >= 0.3 is 0 Å². The van der Waals surface area contributed by atoms with Gasteiger partial charge < -0.3 is 19.7 Å². The van der Waals surface area contributed by atoms with E-state index in [4.69, 9.17) is 9.47 Å². The lowest BCUT2D eigenvalue weighted by Gasteiger charge is -2.11.